The van der Waals surface area contributed by atoms with Crippen LogP contribution in [0.15, 0.2) is 12.2 Å². The Bertz CT molecular complexity index is 1270. The molecule has 77 heavy (non-hydrogen) atoms. The van der Waals surface area contributed by atoms with Gasteiger partial charge >= 0.3 is 19.8 Å². The number of unbranched alkanes of at least 4 members (excludes halogenated alkanes) is 51. The van der Waals surface area contributed by atoms with E-state index in [1.165, 1.54) is 308 Å². The molecular formula is C67H132NO8P. The number of carbonyl (C=O) groups is 2. The zero-order valence-electron chi connectivity index (χ0n) is 51.5. The number of ether oxygens (including phenoxy) is 2. The van der Waals surface area contributed by atoms with Crippen LogP contribution in [0.1, 0.15) is 373 Å². The van der Waals surface area contributed by atoms with Crippen molar-refractivity contribution in [1.82, 2.24) is 0 Å². The van der Waals surface area contributed by atoms with E-state index in [1.54, 1.807) is 0 Å². The predicted octanol–water partition coefficient (Wildman–Crippen LogP) is 22.0. The number of esters is 2. The van der Waals surface area contributed by atoms with Crippen LogP contribution < -0.4 is 5.73 Å². The summed E-state index contributed by atoms with van der Waals surface area (Å²) in [5.41, 5.74) is 5.40. The zero-order chi connectivity index (χ0) is 55.9. The first-order valence-electron chi connectivity index (χ1n) is 34.2. The minimum Gasteiger partial charge on any atom is -0.462 e. The molecule has 0 fully saturated rings. The van der Waals surface area contributed by atoms with Gasteiger partial charge in [0.15, 0.2) is 6.10 Å². The summed E-state index contributed by atoms with van der Waals surface area (Å²) in [7, 11) is -4.39. The highest BCUT2D eigenvalue weighted by atomic mass is 31.2. The molecule has 0 saturated carbocycles. The van der Waals surface area contributed by atoms with Gasteiger partial charge in [0.25, 0.3) is 0 Å². The molecular weight excluding hydrogens is 978 g/mol. The van der Waals surface area contributed by atoms with Crippen LogP contribution in [-0.2, 0) is 32.7 Å². The van der Waals surface area contributed by atoms with Crippen LogP contribution in [0.5, 0.6) is 0 Å². The van der Waals surface area contributed by atoms with Crippen molar-refractivity contribution in [3.63, 3.8) is 0 Å². The van der Waals surface area contributed by atoms with Gasteiger partial charge in [-0.15, -0.1) is 0 Å². The minimum absolute atomic E-state index is 0.0575. The highest BCUT2D eigenvalue weighted by molar-refractivity contribution is 7.47. The Morgan fingerprint density at radius 1 is 0.377 bits per heavy atom. The van der Waals surface area contributed by atoms with Crippen molar-refractivity contribution in [3.05, 3.63) is 12.2 Å². The SMILES string of the molecule is CCCCCCCCCC/C=C\CCCCCCCCCCCCCCCCCC(=O)OC(COC(=O)CCCCCCCCCCCCCCCCCCCCCCCCCCCCCCC)COP(=O)(O)OCCN. The van der Waals surface area contributed by atoms with Gasteiger partial charge in [-0.1, -0.05) is 334 Å². The van der Waals surface area contributed by atoms with Crippen molar-refractivity contribution in [1.29, 1.82) is 0 Å². The normalized spacial score (nSPS) is 12.9. The van der Waals surface area contributed by atoms with E-state index in [9.17, 15) is 19.0 Å². The Labute approximate surface area is 479 Å². The minimum atomic E-state index is -4.39. The quantitative estimate of drug-likeness (QED) is 0.0264. The standard InChI is InChI=1S/C67H132NO8P/c1-3-5-7-9-11-13-15-17-19-21-23-25-27-29-31-32-34-35-37-39-41-43-45-47-49-51-53-55-57-59-66(69)73-63-65(64-75-77(71,72)74-62-61-68)76-67(70)60-58-56-54-52-50-48-46-44-42-40-38-36-33-30-28-26-24-22-20-18-16-14-12-10-8-6-4-2/h22,24,65H,3-21,23,25-64,68H2,1-2H3,(H,71,72)/b24-22-. The molecule has 0 aromatic heterocycles. The van der Waals surface area contributed by atoms with Gasteiger partial charge in [0.1, 0.15) is 6.61 Å². The van der Waals surface area contributed by atoms with E-state index in [4.69, 9.17) is 24.3 Å². The Morgan fingerprint density at radius 2 is 0.636 bits per heavy atom. The smallest absolute Gasteiger partial charge is 0.462 e. The van der Waals surface area contributed by atoms with E-state index >= 15 is 0 Å². The average molecular weight is 1110 g/mol. The number of hydrogen-bond acceptors (Lipinski definition) is 8. The molecule has 0 heterocycles. The second kappa shape index (κ2) is 63.9. The van der Waals surface area contributed by atoms with Gasteiger partial charge in [-0.25, -0.2) is 4.57 Å². The van der Waals surface area contributed by atoms with Gasteiger partial charge in [0, 0.05) is 19.4 Å². The largest absolute Gasteiger partial charge is 0.472 e. The fourth-order valence-electron chi connectivity index (χ4n) is 10.6. The van der Waals surface area contributed by atoms with Crippen LogP contribution in [0.25, 0.3) is 0 Å². The summed E-state index contributed by atoms with van der Waals surface area (Å²) in [6.07, 6.45) is 75.9. The monoisotopic (exact) mass is 1110 g/mol. The Morgan fingerprint density at radius 3 is 0.922 bits per heavy atom. The van der Waals surface area contributed by atoms with Crippen LogP contribution in [0.2, 0.25) is 0 Å². The third kappa shape index (κ3) is 63.8. The van der Waals surface area contributed by atoms with Gasteiger partial charge in [0.05, 0.1) is 13.2 Å². The summed E-state index contributed by atoms with van der Waals surface area (Å²) in [4.78, 5) is 35.3. The molecule has 0 aromatic rings. The van der Waals surface area contributed by atoms with Crippen molar-refractivity contribution in [2.45, 2.75) is 380 Å². The lowest BCUT2D eigenvalue weighted by molar-refractivity contribution is -0.161. The number of carbonyl (C=O) groups excluding carboxylic acids is 2. The third-order valence-electron chi connectivity index (χ3n) is 15.7. The molecule has 0 aliphatic heterocycles. The van der Waals surface area contributed by atoms with Crippen molar-refractivity contribution in [2.75, 3.05) is 26.4 Å². The van der Waals surface area contributed by atoms with Crippen LogP contribution in [0, 0.1) is 0 Å². The van der Waals surface area contributed by atoms with E-state index in [0.717, 1.165) is 32.1 Å². The van der Waals surface area contributed by atoms with Gasteiger partial charge < -0.3 is 20.1 Å². The first kappa shape index (κ1) is 75.8. The summed E-state index contributed by atoms with van der Waals surface area (Å²) >= 11 is 0. The molecule has 0 amide bonds. The maximum Gasteiger partial charge on any atom is 0.472 e. The lowest BCUT2D eigenvalue weighted by Crippen LogP contribution is -2.29. The summed E-state index contributed by atoms with van der Waals surface area (Å²) in [6.45, 7) is 3.83. The van der Waals surface area contributed by atoms with Gasteiger partial charge in [-0.05, 0) is 38.5 Å². The van der Waals surface area contributed by atoms with Crippen molar-refractivity contribution < 1.29 is 37.6 Å². The number of nitrogens with two attached hydrogens (primary N) is 1. The van der Waals surface area contributed by atoms with Gasteiger partial charge in [-0.2, -0.15) is 0 Å². The topological polar surface area (TPSA) is 134 Å². The average Bonchev–Trinajstić information content (AvgIpc) is 3.42. The molecule has 2 unspecified atom stereocenters. The van der Waals surface area contributed by atoms with E-state index in [1.807, 2.05) is 0 Å². The maximum absolute atomic E-state index is 12.7. The molecule has 0 spiro atoms. The summed E-state index contributed by atoms with van der Waals surface area (Å²) in [5, 5.41) is 0. The highest BCUT2D eigenvalue weighted by Crippen LogP contribution is 2.43. The van der Waals surface area contributed by atoms with Gasteiger partial charge in [-0.3, -0.25) is 18.6 Å². The second-order valence-corrected chi connectivity index (χ2v) is 24.9. The van der Waals surface area contributed by atoms with Crippen LogP contribution >= 0.6 is 7.82 Å². The van der Waals surface area contributed by atoms with Crippen LogP contribution in [0.4, 0.5) is 0 Å². The lowest BCUT2D eigenvalue weighted by Gasteiger charge is -2.19. The Kier molecular flexibility index (Phi) is 62.9. The predicted molar refractivity (Wildman–Crippen MR) is 331 cm³/mol. The second-order valence-electron chi connectivity index (χ2n) is 23.4. The molecule has 0 rings (SSSR count). The summed E-state index contributed by atoms with van der Waals surface area (Å²) in [5.74, 6) is -0.802. The molecule has 10 heteroatoms. The fraction of sp³-hybridized carbons (Fsp3) is 0.940. The van der Waals surface area contributed by atoms with E-state index < -0.39 is 26.5 Å². The molecule has 0 aliphatic rings. The molecule has 9 nitrogen and oxygen atoms in total. The third-order valence-corrected chi connectivity index (χ3v) is 16.6. The van der Waals surface area contributed by atoms with E-state index in [-0.39, 0.29) is 38.6 Å². The molecule has 0 aromatic carbocycles. The van der Waals surface area contributed by atoms with E-state index in [2.05, 4.69) is 26.0 Å². The maximum atomic E-state index is 12.7. The van der Waals surface area contributed by atoms with Crippen LogP contribution in [-0.4, -0.2) is 49.3 Å². The van der Waals surface area contributed by atoms with Gasteiger partial charge in [0.2, 0.25) is 0 Å². The molecule has 0 bridgehead atoms. The molecule has 3 N–H and O–H groups in total. The first-order chi connectivity index (χ1) is 37.8. The Balaban J connectivity index is 3.82. The molecule has 2 atom stereocenters. The van der Waals surface area contributed by atoms with Crippen molar-refractivity contribution in [2.24, 2.45) is 5.73 Å². The molecule has 0 saturated heterocycles. The zero-order valence-corrected chi connectivity index (χ0v) is 52.4. The number of phosphoric ester groups is 1. The molecule has 0 aliphatic carbocycles. The van der Waals surface area contributed by atoms with Crippen LogP contribution in [0.3, 0.4) is 0 Å². The summed E-state index contributed by atoms with van der Waals surface area (Å²) < 4.78 is 33.2. The first-order valence-corrected chi connectivity index (χ1v) is 35.7. The number of allylic oxidation sites excluding steroid dienone is 2. The highest BCUT2D eigenvalue weighted by Gasteiger charge is 2.26. The number of rotatable bonds is 66. The molecule has 0 radical (unpaired) electrons. The number of phosphoric acid groups is 1. The Hall–Kier alpha value is -1.25. The summed E-state index contributed by atoms with van der Waals surface area (Å²) in [6, 6.07) is 0. The van der Waals surface area contributed by atoms with Crippen molar-refractivity contribution in [3.8, 4) is 0 Å². The van der Waals surface area contributed by atoms with E-state index in [0.29, 0.717) is 6.42 Å². The fourth-order valence-corrected chi connectivity index (χ4v) is 11.3. The number of hydrogen-bond donors (Lipinski definition) is 2. The van der Waals surface area contributed by atoms with Crippen molar-refractivity contribution >= 4 is 19.8 Å². The lowest BCUT2D eigenvalue weighted by atomic mass is 10.0. The molecule has 458 valence electrons.